The van der Waals surface area contributed by atoms with Crippen LogP contribution in [0.15, 0.2) is 46.2 Å². The molecule has 0 bridgehead atoms. The molecule has 0 amide bonds. The molecule has 3 aromatic rings. The van der Waals surface area contributed by atoms with Crippen molar-refractivity contribution >= 4 is 15.5 Å². The zero-order valence-electron chi connectivity index (χ0n) is 12.5. The lowest BCUT2D eigenvalue weighted by Gasteiger charge is -2.08. The van der Waals surface area contributed by atoms with Crippen LogP contribution in [-0.4, -0.2) is 34.3 Å². The van der Waals surface area contributed by atoms with Crippen LogP contribution in [0.3, 0.4) is 0 Å². The Labute approximate surface area is 137 Å². The van der Waals surface area contributed by atoms with E-state index in [4.69, 9.17) is 4.52 Å². The highest BCUT2D eigenvalue weighted by Gasteiger charge is 2.27. The molecule has 0 saturated carbocycles. The molecule has 1 aliphatic heterocycles. The molecule has 1 aromatic carbocycles. The van der Waals surface area contributed by atoms with Crippen molar-refractivity contribution in [2.45, 2.75) is 17.9 Å². The molecule has 0 spiro atoms. The summed E-state index contributed by atoms with van der Waals surface area (Å²) in [4.78, 5) is 12.6. The molecule has 9 heteroatoms. The van der Waals surface area contributed by atoms with Gasteiger partial charge in [-0.2, -0.15) is 4.98 Å². The third-order valence-corrected chi connectivity index (χ3v) is 5.59. The monoisotopic (exact) mass is 343 g/mol. The Morgan fingerprint density at radius 3 is 3.00 bits per heavy atom. The van der Waals surface area contributed by atoms with Gasteiger partial charge in [0.1, 0.15) is 12.0 Å². The number of sulfone groups is 1. The minimum Gasteiger partial charge on any atom is -0.376 e. The molecular weight excluding hydrogens is 330 g/mol. The van der Waals surface area contributed by atoms with Gasteiger partial charge in [-0.05, 0) is 30.2 Å². The highest BCUT2D eigenvalue weighted by Crippen LogP contribution is 2.31. The van der Waals surface area contributed by atoms with Gasteiger partial charge < -0.3 is 9.84 Å². The molecule has 0 fully saturated rings. The van der Waals surface area contributed by atoms with Crippen LogP contribution in [-0.2, 0) is 22.8 Å². The van der Waals surface area contributed by atoms with E-state index in [9.17, 15) is 8.42 Å². The molecule has 2 aromatic heterocycles. The number of rotatable bonds is 4. The maximum atomic E-state index is 12.0. The van der Waals surface area contributed by atoms with Gasteiger partial charge in [0.25, 0.3) is 0 Å². The molecule has 1 aliphatic rings. The predicted molar refractivity (Wildman–Crippen MR) is 84.8 cm³/mol. The highest BCUT2D eigenvalue weighted by molar-refractivity contribution is 7.91. The Hall–Kier alpha value is -2.81. The van der Waals surface area contributed by atoms with Crippen molar-refractivity contribution in [3.63, 3.8) is 0 Å². The highest BCUT2D eigenvalue weighted by atomic mass is 32.2. The largest absolute Gasteiger partial charge is 0.376 e. The Balaban J connectivity index is 1.53. The van der Waals surface area contributed by atoms with Crippen molar-refractivity contribution in [2.24, 2.45) is 0 Å². The predicted octanol–water partition coefficient (Wildman–Crippen LogP) is 1.47. The summed E-state index contributed by atoms with van der Waals surface area (Å²) >= 11 is 0. The molecule has 24 heavy (non-hydrogen) atoms. The third-order valence-electron chi connectivity index (χ3n) is 3.80. The van der Waals surface area contributed by atoms with Crippen LogP contribution in [0.2, 0.25) is 0 Å². The Kier molecular flexibility index (Phi) is 3.49. The molecule has 0 saturated heterocycles. The lowest BCUT2D eigenvalue weighted by Crippen LogP contribution is -2.03. The summed E-state index contributed by atoms with van der Waals surface area (Å²) in [6.07, 6.45) is 3.53. The molecule has 4 rings (SSSR count). The molecule has 3 heterocycles. The van der Waals surface area contributed by atoms with E-state index in [1.165, 1.54) is 6.33 Å². The van der Waals surface area contributed by atoms with E-state index < -0.39 is 9.84 Å². The first-order valence-corrected chi connectivity index (χ1v) is 8.96. The Morgan fingerprint density at radius 1 is 1.25 bits per heavy atom. The van der Waals surface area contributed by atoms with Crippen molar-refractivity contribution in [1.29, 1.82) is 0 Å². The minimum absolute atomic E-state index is 0.152. The normalized spacial score (nSPS) is 15.2. The van der Waals surface area contributed by atoms with E-state index in [2.05, 4.69) is 25.4 Å². The molecule has 0 atom stereocenters. The summed E-state index contributed by atoms with van der Waals surface area (Å²) in [5.41, 5.74) is 2.16. The summed E-state index contributed by atoms with van der Waals surface area (Å²) in [6.45, 7) is 0.300. The molecule has 0 radical (unpaired) electrons. The smallest absolute Gasteiger partial charge is 0.246 e. The van der Waals surface area contributed by atoms with Crippen molar-refractivity contribution in [1.82, 2.24) is 20.1 Å². The molecule has 8 nitrogen and oxygen atoms in total. The molecule has 1 N–H and O–H groups in total. The van der Waals surface area contributed by atoms with E-state index >= 15 is 0 Å². The first-order valence-electron chi connectivity index (χ1n) is 7.31. The summed E-state index contributed by atoms with van der Waals surface area (Å²) in [7, 11) is -3.15. The second-order valence-corrected chi connectivity index (χ2v) is 7.39. The number of fused-ring (bicyclic) bond motifs is 1. The van der Waals surface area contributed by atoms with Gasteiger partial charge in [0.15, 0.2) is 9.84 Å². The number of hydrogen-bond donors (Lipinski definition) is 1. The molecule has 122 valence electrons. The Morgan fingerprint density at radius 2 is 2.17 bits per heavy atom. The van der Waals surface area contributed by atoms with Crippen LogP contribution in [0.25, 0.3) is 11.5 Å². The number of nitrogens with one attached hydrogen (secondary N) is 1. The molecule has 0 unspecified atom stereocenters. The summed E-state index contributed by atoms with van der Waals surface area (Å²) in [5.74, 6) is 0.927. The molecule has 0 aliphatic carbocycles. The zero-order valence-corrected chi connectivity index (χ0v) is 13.3. The van der Waals surface area contributed by atoms with Gasteiger partial charge in [0.2, 0.25) is 11.7 Å². The number of nitrogens with zero attached hydrogens (tertiary/aromatic N) is 4. The summed E-state index contributed by atoms with van der Waals surface area (Å²) in [5, 5.41) is 7.05. The van der Waals surface area contributed by atoms with E-state index in [-0.39, 0.29) is 5.75 Å². The first kappa shape index (κ1) is 14.8. The first-order chi connectivity index (χ1) is 11.6. The fraction of sp³-hybridized carbons (Fsp3) is 0.200. The summed E-state index contributed by atoms with van der Waals surface area (Å²) in [6, 6.07) is 6.91. The van der Waals surface area contributed by atoms with Gasteiger partial charge in [-0.15, -0.1) is 0 Å². The van der Waals surface area contributed by atoms with E-state index in [1.54, 1.807) is 24.4 Å². The number of anilines is 1. The second kappa shape index (κ2) is 5.68. The fourth-order valence-electron chi connectivity index (χ4n) is 2.65. The van der Waals surface area contributed by atoms with Gasteiger partial charge >= 0.3 is 0 Å². The second-order valence-electron chi connectivity index (χ2n) is 5.31. The zero-order chi connectivity index (χ0) is 16.6. The van der Waals surface area contributed by atoms with Crippen LogP contribution in [0.1, 0.15) is 11.5 Å². The standard InChI is InChI=1S/C15H13N5O3S/c21-24(22)7-5-10-11(2-1-3-13(10)24)17-8-14-19-15(20-23-14)12-4-6-16-9-18-12/h1-4,6,9,17H,5,7-8H2. The van der Waals surface area contributed by atoms with Crippen molar-refractivity contribution < 1.29 is 12.9 Å². The van der Waals surface area contributed by atoms with Crippen LogP contribution >= 0.6 is 0 Å². The Bertz CT molecular complexity index is 985. The van der Waals surface area contributed by atoms with Crippen LogP contribution in [0, 0.1) is 0 Å². The van der Waals surface area contributed by atoms with Crippen molar-refractivity contribution in [3.05, 3.63) is 48.2 Å². The van der Waals surface area contributed by atoms with E-state index in [0.29, 0.717) is 35.3 Å². The SMILES string of the molecule is O=S1(=O)CCc2c(NCc3nc(-c4ccncn4)no3)cccc21. The van der Waals surface area contributed by atoms with Crippen LogP contribution in [0.4, 0.5) is 5.69 Å². The minimum atomic E-state index is -3.15. The molecular formula is C15H13N5O3S. The lowest BCUT2D eigenvalue weighted by atomic mass is 10.1. The van der Waals surface area contributed by atoms with Crippen LogP contribution < -0.4 is 5.32 Å². The topological polar surface area (TPSA) is 111 Å². The van der Waals surface area contributed by atoms with Gasteiger partial charge in [0, 0.05) is 11.9 Å². The fourth-order valence-corrected chi connectivity index (χ4v) is 4.22. The third kappa shape index (κ3) is 2.62. The summed E-state index contributed by atoms with van der Waals surface area (Å²) < 4.78 is 29.1. The average molecular weight is 343 g/mol. The van der Waals surface area contributed by atoms with Crippen LogP contribution in [0.5, 0.6) is 0 Å². The average Bonchev–Trinajstić information content (AvgIpc) is 3.19. The number of benzene rings is 1. The maximum absolute atomic E-state index is 12.0. The van der Waals surface area contributed by atoms with Gasteiger partial charge in [-0.25, -0.2) is 18.4 Å². The van der Waals surface area contributed by atoms with Gasteiger partial charge in [-0.1, -0.05) is 11.2 Å². The van der Waals surface area contributed by atoms with E-state index in [1.807, 2.05) is 6.07 Å². The van der Waals surface area contributed by atoms with Gasteiger partial charge in [-0.3, -0.25) is 0 Å². The van der Waals surface area contributed by atoms with Crippen molar-refractivity contribution in [3.8, 4) is 11.5 Å². The van der Waals surface area contributed by atoms with E-state index in [0.717, 1.165) is 11.3 Å². The maximum Gasteiger partial charge on any atom is 0.246 e. The van der Waals surface area contributed by atoms with Crippen molar-refractivity contribution in [2.75, 3.05) is 11.1 Å². The number of aromatic nitrogens is 4. The van der Waals surface area contributed by atoms with Gasteiger partial charge in [0.05, 0.1) is 17.2 Å². The lowest BCUT2D eigenvalue weighted by molar-refractivity contribution is 0.384. The quantitative estimate of drug-likeness (QED) is 0.758. The number of hydrogen-bond acceptors (Lipinski definition) is 8.